The number of rotatable bonds is 18. The number of aromatic amines is 1. The number of nitrogens with two attached hydrogens (primary N) is 1. The fourth-order valence-electron chi connectivity index (χ4n) is 9.00. The highest BCUT2D eigenvalue weighted by Crippen LogP contribution is 2.43. The van der Waals surface area contributed by atoms with E-state index in [0.717, 1.165) is 34.3 Å². The van der Waals surface area contributed by atoms with Crippen LogP contribution in [-0.2, 0) is 25.6 Å². The molecule has 370 valence electrons. The van der Waals surface area contributed by atoms with E-state index in [4.69, 9.17) is 22.1 Å². The number of nitrogens with one attached hydrogen (secondary N) is 5. The molecule has 4 heterocycles. The van der Waals surface area contributed by atoms with Crippen molar-refractivity contribution in [1.82, 2.24) is 30.3 Å². The van der Waals surface area contributed by atoms with Gasteiger partial charge in [0.25, 0.3) is 23.6 Å². The summed E-state index contributed by atoms with van der Waals surface area (Å²) in [5, 5.41) is 13.2. The standard InChI is InChI=1S/C51H55ClN10O9/c1-59-22-24-60(25-23-59)51(70)71-43-29-42-38(36-8-4-5-9-37(36)43)28-35(30-52)62(42)49(68)41-27-32-26-34(16-17-39(32)57-41)56-47(66)31-12-14-33(15-13-31)55-48(67)40(10-7-20-54-50(53)69)58-44(63)11-3-2-6-21-61-45(64)18-19-46(61)65/h4-5,8-9,12-19,26-27,29,35,40,57H,2-3,6-7,10-11,20-25,28,30H2,1H3,(H,55,67)(H,56,66)(H,58,63)(H3,53,54,69)/t35-,40-/m0/s1. The maximum atomic E-state index is 14.5. The Labute approximate surface area is 414 Å². The number of piperazine rings is 1. The average molecular weight is 988 g/mol. The van der Waals surface area contributed by atoms with E-state index < -0.39 is 30.0 Å². The van der Waals surface area contributed by atoms with Crippen LogP contribution in [0.15, 0.2) is 91.0 Å². The molecule has 0 spiro atoms. The van der Waals surface area contributed by atoms with Crippen LogP contribution in [0.3, 0.4) is 0 Å². The minimum atomic E-state index is -0.949. The second kappa shape index (κ2) is 22.3. The van der Waals surface area contributed by atoms with E-state index in [1.54, 1.807) is 64.4 Å². The van der Waals surface area contributed by atoms with E-state index in [2.05, 4.69) is 31.2 Å². The molecule has 4 aromatic carbocycles. The number of halogens is 1. The number of anilines is 3. The Hall–Kier alpha value is -7.77. The Morgan fingerprint density at radius 3 is 2.27 bits per heavy atom. The molecular formula is C51H55ClN10O9. The van der Waals surface area contributed by atoms with Gasteiger partial charge in [-0.05, 0) is 98.6 Å². The first-order chi connectivity index (χ1) is 34.3. The largest absolute Gasteiger partial charge is 0.415 e. The molecule has 0 radical (unpaired) electrons. The van der Waals surface area contributed by atoms with Gasteiger partial charge in [0.2, 0.25) is 11.8 Å². The maximum Gasteiger partial charge on any atom is 0.415 e. The number of imide groups is 1. The Morgan fingerprint density at radius 2 is 1.55 bits per heavy atom. The molecule has 5 aromatic rings. The Bertz CT molecular complexity index is 2900. The number of carbonyl (C=O) groups is 8. The normalized spacial score (nSPS) is 16.0. The van der Waals surface area contributed by atoms with Gasteiger partial charge < -0.3 is 51.4 Å². The number of ether oxygens (including phenoxy) is 1. The summed E-state index contributed by atoms with van der Waals surface area (Å²) in [6, 6.07) is 20.6. The quantitative estimate of drug-likeness (QED) is 0.0366. The number of unbranched alkanes of at least 4 members (excludes halogenated alkanes) is 2. The third-order valence-corrected chi connectivity index (χ3v) is 13.2. The molecule has 2 atom stereocenters. The van der Waals surface area contributed by atoms with Crippen LogP contribution >= 0.6 is 11.6 Å². The summed E-state index contributed by atoms with van der Waals surface area (Å²) >= 11 is 6.54. The molecule has 0 saturated carbocycles. The van der Waals surface area contributed by atoms with E-state index in [9.17, 15) is 38.4 Å². The lowest BCUT2D eigenvalue weighted by Crippen LogP contribution is -2.48. The summed E-state index contributed by atoms with van der Waals surface area (Å²) in [4.78, 5) is 112. The van der Waals surface area contributed by atoms with Gasteiger partial charge in [0, 0.05) is 103 Å². The molecule has 1 fully saturated rings. The molecule has 19 nitrogen and oxygen atoms in total. The molecule has 71 heavy (non-hydrogen) atoms. The van der Waals surface area contributed by atoms with Crippen LogP contribution in [-0.4, -0.2) is 132 Å². The zero-order chi connectivity index (χ0) is 50.2. The topological polar surface area (TPSA) is 249 Å². The number of aromatic nitrogens is 1. The number of hydrogen-bond donors (Lipinski definition) is 6. The van der Waals surface area contributed by atoms with E-state index in [0.29, 0.717) is 90.2 Å². The number of urea groups is 1. The molecule has 1 aromatic heterocycles. The van der Waals surface area contributed by atoms with Gasteiger partial charge in [-0.25, -0.2) is 9.59 Å². The summed E-state index contributed by atoms with van der Waals surface area (Å²) < 4.78 is 6.04. The van der Waals surface area contributed by atoms with Crippen LogP contribution in [0.4, 0.5) is 26.7 Å². The minimum Gasteiger partial charge on any atom is -0.409 e. The summed E-state index contributed by atoms with van der Waals surface area (Å²) in [6.45, 7) is 3.02. The molecule has 0 unspecified atom stereocenters. The van der Waals surface area contributed by atoms with Crippen LogP contribution in [0.2, 0.25) is 0 Å². The van der Waals surface area contributed by atoms with Crippen molar-refractivity contribution in [3.8, 4) is 5.75 Å². The molecule has 20 heteroatoms. The van der Waals surface area contributed by atoms with E-state index in [1.165, 1.54) is 12.2 Å². The Kier molecular flexibility index (Phi) is 15.6. The number of carbonyl (C=O) groups excluding carboxylic acids is 8. The number of H-pyrrole nitrogens is 1. The predicted molar refractivity (Wildman–Crippen MR) is 268 cm³/mol. The average Bonchev–Trinajstić information content (AvgIpc) is 4.06. The number of amides is 9. The highest BCUT2D eigenvalue weighted by molar-refractivity contribution is 6.20. The third kappa shape index (κ3) is 11.8. The Balaban J connectivity index is 0.891. The minimum absolute atomic E-state index is 0.115. The molecule has 3 aliphatic heterocycles. The number of likely N-dealkylation sites (N-methyl/N-ethyl adjacent to an activating group) is 1. The lowest BCUT2D eigenvalue weighted by molar-refractivity contribution is -0.137. The lowest BCUT2D eigenvalue weighted by atomic mass is 10.0. The first-order valence-corrected chi connectivity index (χ1v) is 24.1. The predicted octanol–water partition coefficient (Wildman–Crippen LogP) is 5.49. The first-order valence-electron chi connectivity index (χ1n) is 23.6. The number of benzene rings is 4. The van der Waals surface area contributed by atoms with Gasteiger partial charge in [0.15, 0.2) is 0 Å². The van der Waals surface area contributed by atoms with E-state index in [1.807, 2.05) is 31.3 Å². The van der Waals surface area contributed by atoms with Gasteiger partial charge in [-0.2, -0.15) is 0 Å². The summed E-state index contributed by atoms with van der Waals surface area (Å²) in [7, 11) is 2.01. The van der Waals surface area contributed by atoms with Crippen molar-refractivity contribution in [2.24, 2.45) is 5.73 Å². The Morgan fingerprint density at radius 1 is 0.831 bits per heavy atom. The third-order valence-electron chi connectivity index (χ3n) is 12.8. The molecule has 0 aliphatic carbocycles. The van der Waals surface area contributed by atoms with Crippen molar-refractivity contribution in [3.05, 3.63) is 108 Å². The van der Waals surface area contributed by atoms with Crippen LogP contribution in [0.5, 0.6) is 5.75 Å². The second-order valence-corrected chi connectivity index (χ2v) is 18.1. The highest BCUT2D eigenvalue weighted by Gasteiger charge is 2.37. The monoisotopic (exact) mass is 986 g/mol. The van der Waals surface area contributed by atoms with Gasteiger partial charge in [-0.3, -0.25) is 33.7 Å². The number of alkyl halides is 1. The summed E-state index contributed by atoms with van der Waals surface area (Å²) in [6.07, 6.45) is 4.75. The van der Waals surface area contributed by atoms with Gasteiger partial charge in [0.05, 0.1) is 11.7 Å². The smallest absolute Gasteiger partial charge is 0.409 e. The molecule has 1 saturated heterocycles. The number of nitrogens with zero attached hydrogens (tertiary/aromatic N) is 4. The van der Waals surface area contributed by atoms with Crippen molar-refractivity contribution >= 4 is 97.9 Å². The molecule has 0 bridgehead atoms. The zero-order valence-electron chi connectivity index (χ0n) is 39.1. The summed E-state index contributed by atoms with van der Waals surface area (Å²) in [5.74, 6) is -1.79. The van der Waals surface area contributed by atoms with Gasteiger partial charge >= 0.3 is 12.1 Å². The van der Waals surface area contributed by atoms with E-state index in [-0.39, 0.29) is 61.5 Å². The van der Waals surface area contributed by atoms with E-state index >= 15 is 0 Å². The van der Waals surface area contributed by atoms with Crippen LogP contribution in [0.1, 0.15) is 64.9 Å². The van der Waals surface area contributed by atoms with Crippen molar-refractivity contribution in [1.29, 1.82) is 0 Å². The number of primary amides is 1. The SMILES string of the molecule is CN1CCN(C(=O)Oc2cc3c(c4ccccc24)C[C@@H](CCl)N3C(=O)c2cc3cc(NC(=O)c4ccc(NC(=O)[C@H](CCCNC(N)=O)NC(=O)CCCCCN5C(=O)C=CC5=O)cc4)ccc3[nH]2)CC1. The van der Waals surface area contributed by atoms with Crippen LogP contribution in [0, 0.1) is 0 Å². The molecule has 3 aliphatic rings. The highest BCUT2D eigenvalue weighted by atomic mass is 35.5. The van der Waals surface area contributed by atoms with Gasteiger partial charge in [-0.1, -0.05) is 30.7 Å². The van der Waals surface area contributed by atoms with Gasteiger partial charge in [0.1, 0.15) is 17.5 Å². The molecule has 8 rings (SSSR count). The number of fused-ring (bicyclic) bond motifs is 4. The van der Waals surface area contributed by atoms with Crippen molar-refractivity contribution in [2.75, 3.05) is 67.7 Å². The number of hydrogen-bond acceptors (Lipinski definition) is 10. The zero-order valence-corrected chi connectivity index (χ0v) is 39.9. The van der Waals surface area contributed by atoms with Crippen molar-refractivity contribution < 1.29 is 43.1 Å². The molecule has 9 amide bonds. The fraction of sp³-hybridized carbons (Fsp3) is 0.333. The molecule has 7 N–H and O–H groups in total. The van der Waals surface area contributed by atoms with Crippen molar-refractivity contribution in [2.45, 2.75) is 57.0 Å². The maximum absolute atomic E-state index is 14.5. The first kappa shape index (κ1) is 49.6. The lowest BCUT2D eigenvalue weighted by Gasteiger charge is -2.31. The fourth-order valence-corrected chi connectivity index (χ4v) is 9.25. The van der Waals surface area contributed by atoms with Crippen LogP contribution < -0.4 is 36.6 Å². The van der Waals surface area contributed by atoms with Crippen LogP contribution in [0.25, 0.3) is 21.7 Å². The molecular weight excluding hydrogens is 932 g/mol. The second-order valence-electron chi connectivity index (χ2n) is 17.8. The van der Waals surface area contributed by atoms with Crippen molar-refractivity contribution in [3.63, 3.8) is 0 Å². The summed E-state index contributed by atoms with van der Waals surface area (Å²) in [5.41, 5.74) is 8.84. The van der Waals surface area contributed by atoms with Gasteiger partial charge in [-0.15, -0.1) is 11.6 Å².